The molecule has 0 radical (unpaired) electrons. The number of rotatable bonds is 5. The number of para-hydroxylation sites is 2. The molecule has 0 amide bonds. The number of ether oxygens (including phenoxy) is 1. The SMILES string of the molecule is CS/C=C(\c1ccccc1Oc1ccccc1)n1ccnc1. The third-order valence-electron chi connectivity index (χ3n) is 3.15. The van der Waals surface area contributed by atoms with Gasteiger partial charge in [-0.1, -0.05) is 30.3 Å². The van der Waals surface area contributed by atoms with Crippen LogP contribution >= 0.6 is 11.8 Å². The molecule has 0 N–H and O–H groups in total. The second-order valence-corrected chi connectivity index (χ2v) is 5.33. The van der Waals surface area contributed by atoms with E-state index in [2.05, 4.69) is 16.5 Å². The summed E-state index contributed by atoms with van der Waals surface area (Å²) in [4.78, 5) is 4.14. The highest BCUT2D eigenvalue weighted by atomic mass is 32.2. The van der Waals surface area contributed by atoms with Crippen LogP contribution < -0.4 is 4.74 Å². The topological polar surface area (TPSA) is 27.1 Å². The molecule has 0 aliphatic carbocycles. The Morgan fingerprint density at radius 1 is 1.09 bits per heavy atom. The first-order valence-electron chi connectivity index (χ1n) is 6.92. The van der Waals surface area contributed by atoms with Crippen LogP contribution in [0.3, 0.4) is 0 Å². The third kappa shape index (κ3) is 3.23. The zero-order chi connectivity index (χ0) is 15.2. The average Bonchev–Trinajstić information content (AvgIpc) is 3.09. The van der Waals surface area contributed by atoms with Gasteiger partial charge in [-0.2, -0.15) is 0 Å². The van der Waals surface area contributed by atoms with Gasteiger partial charge < -0.3 is 9.30 Å². The van der Waals surface area contributed by atoms with Crippen molar-refractivity contribution in [3.05, 3.63) is 84.3 Å². The molecule has 0 fully saturated rings. The van der Waals surface area contributed by atoms with Crippen molar-refractivity contribution in [2.45, 2.75) is 0 Å². The normalized spacial score (nSPS) is 11.4. The molecule has 0 bridgehead atoms. The molecule has 0 spiro atoms. The molecular formula is C18H16N2OS. The van der Waals surface area contributed by atoms with E-state index in [9.17, 15) is 0 Å². The Bertz CT molecular complexity index is 752. The predicted molar refractivity (Wildman–Crippen MR) is 92.1 cm³/mol. The zero-order valence-electron chi connectivity index (χ0n) is 12.2. The maximum absolute atomic E-state index is 6.05. The van der Waals surface area contributed by atoms with Crippen molar-refractivity contribution in [3.63, 3.8) is 0 Å². The van der Waals surface area contributed by atoms with Crippen molar-refractivity contribution in [1.29, 1.82) is 0 Å². The van der Waals surface area contributed by atoms with Gasteiger partial charge in [0.05, 0.1) is 12.0 Å². The number of nitrogens with zero attached hydrogens (tertiary/aromatic N) is 2. The highest BCUT2D eigenvalue weighted by molar-refractivity contribution is 8.01. The molecular weight excluding hydrogens is 292 g/mol. The van der Waals surface area contributed by atoms with Gasteiger partial charge in [0.15, 0.2) is 0 Å². The van der Waals surface area contributed by atoms with E-state index in [0.29, 0.717) is 0 Å². The highest BCUT2D eigenvalue weighted by Crippen LogP contribution is 2.31. The van der Waals surface area contributed by atoms with Gasteiger partial charge in [0.25, 0.3) is 0 Å². The van der Waals surface area contributed by atoms with E-state index in [4.69, 9.17) is 4.74 Å². The van der Waals surface area contributed by atoms with Gasteiger partial charge in [-0.25, -0.2) is 4.98 Å². The second-order valence-electron chi connectivity index (χ2n) is 4.62. The summed E-state index contributed by atoms with van der Waals surface area (Å²) >= 11 is 1.65. The van der Waals surface area contributed by atoms with Gasteiger partial charge in [0.1, 0.15) is 11.5 Å². The van der Waals surface area contributed by atoms with Crippen LogP contribution in [0.25, 0.3) is 5.70 Å². The lowest BCUT2D eigenvalue weighted by Crippen LogP contribution is -1.98. The fourth-order valence-electron chi connectivity index (χ4n) is 2.16. The lowest BCUT2D eigenvalue weighted by Gasteiger charge is -2.14. The Morgan fingerprint density at radius 3 is 2.59 bits per heavy atom. The fraction of sp³-hybridized carbons (Fsp3) is 0.0556. The first-order chi connectivity index (χ1) is 10.9. The van der Waals surface area contributed by atoms with E-state index in [1.807, 2.05) is 65.6 Å². The molecule has 4 heteroatoms. The van der Waals surface area contributed by atoms with Crippen LogP contribution in [0.1, 0.15) is 5.56 Å². The van der Waals surface area contributed by atoms with Crippen LogP contribution in [0.4, 0.5) is 0 Å². The minimum Gasteiger partial charge on any atom is -0.457 e. The average molecular weight is 308 g/mol. The van der Waals surface area contributed by atoms with Crippen molar-refractivity contribution >= 4 is 17.5 Å². The van der Waals surface area contributed by atoms with Gasteiger partial charge in [0.2, 0.25) is 0 Å². The monoisotopic (exact) mass is 308 g/mol. The van der Waals surface area contributed by atoms with Gasteiger partial charge in [0, 0.05) is 18.0 Å². The molecule has 0 saturated heterocycles. The number of hydrogen-bond acceptors (Lipinski definition) is 3. The minimum absolute atomic E-state index is 0.822. The number of imidazole rings is 1. The maximum atomic E-state index is 6.05. The van der Waals surface area contributed by atoms with Crippen molar-refractivity contribution < 1.29 is 4.74 Å². The van der Waals surface area contributed by atoms with Crippen LogP contribution in [0.2, 0.25) is 0 Å². The molecule has 3 nitrogen and oxygen atoms in total. The molecule has 0 saturated carbocycles. The molecule has 0 aliphatic heterocycles. The second kappa shape index (κ2) is 7.00. The Kier molecular flexibility index (Phi) is 4.61. The Hall–Kier alpha value is -2.46. The van der Waals surface area contributed by atoms with E-state index in [1.165, 1.54) is 0 Å². The summed E-state index contributed by atoms with van der Waals surface area (Å²) in [7, 11) is 0. The van der Waals surface area contributed by atoms with E-state index in [-0.39, 0.29) is 0 Å². The van der Waals surface area contributed by atoms with Gasteiger partial charge in [-0.05, 0) is 35.9 Å². The lowest BCUT2D eigenvalue weighted by molar-refractivity contribution is 0.481. The number of thioether (sulfide) groups is 1. The van der Waals surface area contributed by atoms with Crippen LogP contribution in [-0.4, -0.2) is 15.8 Å². The van der Waals surface area contributed by atoms with Crippen molar-refractivity contribution in [1.82, 2.24) is 9.55 Å². The summed E-state index contributed by atoms with van der Waals surface area (Å²) in [6.07, 6.45) is 7.54. The molecule has 1 heterocycles. The molecule has 0 unspecified atom stereocenters. The summed E-state index contributed by atoms with van der Waals surface area (Å²) in [5.74, 6) is 1.65. The molecule has 3 aromatic rings. The Labute approximate surface area is 134 Å². The fourth-order valence-corrected chi connectivity index (χ4v) is 2.63. The largest absolute Gasteiger partial charge is 0.457 e. The van der Waals surface area contributed by atoms with Crippen molar-refractivity contribution in [2.75, 3.05) is 6.26 Å². The Morgan fingerprint density at radius 2 is 1.86 bits per heavy atom. The summed E-state index contributed by atoms with van der Waals surface area (Å²) in [6, 6.07) is 17.8. The molecule has 1 aromatic heterocycles. The van der Waals surface area contributed by atoms with Crippen LogP contribution in [0.15, 0.2) is 78.7 Å². The first kappa shape index (κ1) is 14.5. The van der Waals surface area contributed by atoms with E-state index < -0.39 is 0 Å². The highest BCUT2D eigenvalue weighted by Gasteiger charge is 2.11. The summed E-state index contributed by atoms with van der Waals surface area (Å²) in [5.41, 5.74) is 2.07. The number of hydrogen-bond donors (Lipinski definition) is 0. The molecule has 22 heavy (non-hydrogen) atoms. The number of aromatic nitrogens is 2. The zero-order valence-corrected chi connectivity index (χ0v) is 13.0. The Balaban J connectivity index is 2.01. The van der Waals surface area contributed by atoms with Gasteiger partial charge >= 0.3 is 0 Å². The summed E-state index contributed by atoms with van der Waals surface area (Å²) < 4.78 is 8.04. The standard InChI is InChI=1S/C18H16N2OS/c1-22-13-17(20-12-11-19-14-20)16-9-5-6-10-18(16)21-15-7-3-2-4-8-15/h2-14H,1H3/b17-13+. The van der Waals surface area contributed by atoms with E-state index in [0.717, 1.165) is 22.8 Å². The smallest absolute Gasteiger partial charge is 0.136 e. The first-order valence-corrected chi connectivity index (χ1v) is 8.21. The summed E-state index contributed by atoms with van der Waals surface area (Å²) in [6.45, 7) is 0. The molecule has 0 atom stereocenters. The lowest BCUT2D eigenvalue weighted by atomic mass is 10.1. The third-order valence-corrected chi connectivity index (χ3v) is 3.61. The van der Waals surface area contributed by atoms with Crippen LogP contribution in [-0.2, 0) is 0 Å². The van der Waals surface area contributed by atoms with Crippen LogP contribution in [0, 0.1) is 0 Å². The molecule has 0 aliphatic rings. The molecule has 110 valence electrons. The molecule has 2 aromatic carbocycles. The van der Waals surface area contributed by atoms with Crippen molar-refractivity contribution in [3.8, 4) is 11.5 Å². The predicted octanol–water partition coefficient (Wildman–Crippen LogP) is 4.89. The van der Waals surface area contributed by atoms with E-state index >= 15 is 0 Å². The maximum Gasteiger partial charge on any atom is 0.136 e. The number of benzene rings is 2. The van der Waals surface area contributed by atoms with Gasteiger partial charge in [-0.15, -0.1) is 11.8 Å². The summed E-state index contributed by atoms with van der Waals surface area (Å²) in [5, 5.41) is 2.09. The molecule has 3 rings (SSSR count). The minimum atomic E-state index is 0.822. The van der Waals surface area contributed by atoms with Gasteiger partial charge in [-0.3, -0.25) is 0 Å². The quantitative estimate of drug-likeness (QED) is 0.672. The van der Waals surface area contributed by atoms with E-state index in [1.54, 1.807) is 24.3 Å². The van der Waals surface area contributed by atoms with Crippen molar-refractivity contribution in [2.24, 2.45) is 0 Å². The van der Waals surface area contributed by atoms with Crippen LogP contribution in [0.5, 0.6) is 11.5 Å².